The third-order valence-electron chi connectivity index (χ3n) is 5.34. The first-order valence-electron chi connectivity index (χ1n) is 9.52. The molecule has 2 heterocycles. The molecule has 3 rings (SSSR count). The van der Waals surface area contributed by atoms with Crippen molar-refractivity contribution in [3.05, 3.63) is 62.5 Å². The van der Waals surface area contributed by atoms with E-state index in [1.165, 1.54) is 25.1 Å². The maximum Gasteiger partial charge on any atom is 0.339 e. The molecule has 1 saturated heterocycles. The molecule has 0 spiro atoms. The number of hydrogen-bond acceptors (Lipinski definition) is 6. The van der Waals surface area contributed by atoms with Gasteiger partial charge in [-0.3, -0.25) is 14.9 Å². The Morgan fingerprint density at radius 3 is 2.69 bits per heavy atom. The van der Waals surface area contributed by atoms with Gasteiger partial charge in [-0.15, -0.1) is 0 Å². The number of carbonyl (C=O) groups excluding carboxylic acids is 2. The smallest absolute Gasteiger partial charge is 0.339 e. The molecule has 29 heavy (non-hydrogen) atoms. The Morgan fingerprint density at radius 1 is 1.28 bits per heavy atom. The molecule has 0 N–H and O–H groups in total. The summed E-state index contributed by atoms with van der Waals surface area (Å²) in [4.78, 5) is 35.5. The molecule has 1 fully saturated rings. The lowest BCUT2D eigenvalue weighted by Gasteiger charge is -2.14. The van der Waals surface area contributed by atoms with E-state index in [4.69, 9.17) is 9.47 Å². The normalized spacial score (nSPS) is 16.0. The van der Waals surface area contributed by atoms with Crippen molar-refractivity contribution in [3.63, 3.8) is 0 Å². The highest BCUT2D eigenvalue weighted by atomic mass is 16.6. The Balaban J connectivity index is 1.69. The number of rotatable bonds is 7. The van der Waals surface area contributed by atoms with Crippen molar-refractivity contribution in [1.82, 2.24) is 4.57 Å². The number of hydrogen-bond donors (Lipinski definition) is 0. The maximum absolute atomic E-state index is 12.6. The van der Waals surface area contributed by atoms with E-state index < -0.39 is 17.5 Å². The average molecular weight is 400 g/mol. The summed E-state index contributed by atoms with van der Waals surface area (Å²) >= 11 is 0. The van der Waals surface area contributed by atoms with E-state index in [-0.39, 0.29) is 28.7 Å². The van der Waals surface area contributed by atoms with Crippen LogP contribution in [-0.2, 0) is 16.0 Å². The van der Waals surface area contributed by atoms with Gasteiger partial charge >= 0.3 is 5.97 Å². The molecule has 1 aromatic carbocycles. The van der Waals surface area contributed by atoms with E-state index in [0.717, 1.165) is 30.8 Å². The monoisotopic (exact) mass is 400 g/mol. The van der Waals surface area contributed by atoms with Crippen LogP contribution < -0.4 is 0 Å². The molecule has 1 aliphatic rings. The second kappa shape index (κ2) is 8.57. The number of ketones is 1. The number of nitro groups is 1. The molecule has 1 aliphatic heterocycles. The highest BCUT2D eigenvalue weighted by Crippen LogP contribution is 2.23. The zero-order valence-electron chi connectivity index (χ0n) is 16.8. The van der Waals surface area contributed by atoms with Gasteiger partial charge in [-0.05, 0) is 45.7 Å². The van der Waals surface area contributed by atoms with E-state index in [2.05, 4.69) is 4.57 Å². The molecule has 0 aliphatic carbocycles. The maximum atomic E-state index is 12.6. The van der Waals surface area contributed by atoms with Gasteiger partial charge in [0.1, 0.15) is 0 Å². The van der Waals surface area contributed by atoms with Crippen molar-refractivity contribution in [1.29, 1.82) is 0 Å². The Morgan fingerprint density at radius 2 is 2.03 bits per heavy atom. The molecule has 0 radical (unpaired) electrons. The second-order valence-electron chi connectivity index (χ2n) is 7.24. The van der Waals surface area contributed by atoms with Crippen LogP contribution in [0.3, 0.4) is 0 Å². The summed E-state index contributed by atoms with van der Waals surface area (Å²) in [5.74, 6) is -1.07. The van der Waals surface area contributed by atoms with E-state index in [9.17, 15) is 19.7 Å². The van der Waals surface area contributed by atoms with E-state index >= 15 is 0 Å². The number of ether oxygens (including phenoxy) is 2. The fraction of sp³-hybridized carbons (Fsp3) is 0.429. The lowest BCUT2D eigenvalue weighted by Crippen LogP contribution is -2.18. The molecule has 2 aromatic rings. The quantitative estimate of drug-likeness (QED) is 0.305. The van der Waals surface area contributed by atoms with Crippen LogP contribution in [-0.4, -0.2) is 40.6 Å². The van der Waals surface area contributed by atoms with Crippen molar-refractivity contribution >= 4 is 17.4 Å². The van der Waals surface area contributed by atoms with Crippen LogP contribution in [0.5, 0.6) is 0 Å². The molecule has 0 bridgehead atoms. The Kier molecular flexibility index (Phi) is 6.12. The minimum atomic E-state index is -0.757. The largest absolute Gasteiger partial charge is 0.454 e. The Hall–Kier alpha value is -3.00. The third kappa shape index (κ3) is 4.37. The van der Waals surface area contributed by atoms with Gasteiger partial charge in [0.25, 0.3) is 5.69 Å². The molecule has 1 atom stereocenters. The van der Waals surface area contributed by atoms with Gasteiger partial charge in [0, 0.05) is 41.7 Å². The molecular weight excluding hydrogens is 376 g/mol. The highest BCUT2D eigenvalue weighted by Gasteiger charge is 2.23. The molecule has 1 aromatic heterocycles. The molecular formula is C21H24N2O6. The summed E-state index contributed by atoms with van der Waals surface area (Å²) in [6.07, 6.45) is 2.20. The summed E-state index contributed by atoms with van der Waals surface area (Å²) in [7, 11) is 0. The minimum absolute atomic E-state index is 0.0795. The Labute approximate surface area is 168 Å². The van der Waals surface area contributed by atoms with Gasteiger partial charge in [0.05, 0.1) is 16.6 Å². The number of nitro benzene ring substituents is 1. The summed E-state index contributed by atoms with van der Waals surface area (Å²) in [5.41, 5.74) is 2.39. The zero-order chi connectivity index (χ0) is 21.1. The van der Waals surface area contributed by atoms with E-state index in [1.54, 1.807) is 6.07 Å². The number of aryl methyl sites for hydroxylation is 1. The predicted octanol–water partition coefficient (Wildman–Crippen LogP) is 3.54. The molecule has 8 heteroatoms. The molecule has 8 nitrogen and oxygen atoms in total. The third-order valence-corrected chi connectivity index (χ3v) is 5.34. The van der Waals surface area contributed by atoms with Crippen molar-refractivity contribution in [3.8, 4) is 0 Å². The summed E-state index contributed by atoms with van der Waals surface area (Å²) in [5, 5.41) is 11.0. The SMILES string of the molecule is Cc1c(C(=O)OCC(=O)c2cc(C)n(C[C@H]3CCCO3)c2C)cccc1[N+](=O)[O-]. The lowest BCUT2D eigenvalue weighted by molar-refractivity contribution is -0.385. The fourth-order valence-electron chi connectivity index (χ4n) is 3.69. The summed E-state index contributed by atoms with van der Waals surface area (Å²) in [6, 6.07) is 5.98. The first kappa shape index (κ1) is 20.7. The highest BCUT2D eigenvalue weighted by molar-refractivity contribution is 6.00. The van der Waals surface area contributed by atoms with Gasteiger partial charge < -0.3 is 14.0 Å². The van der Waals surface area contributed by atoms with Gasteiger partial charge in [-0.2, -0.15) is 0 Å². The average Bonchev–Trinajstić information content (AvgIpc) is 3.29. The number of nitrogens with zero attached hydrogens (tertiary/aromatic N) is 2. The van der Waals surface area contributed by atoms with Gasteiger partial charge in [0.15, 0.2) is 6.61 Å². The van der Waals surface area contributed by atoms with Gasteiger partial charge in [0.2, 0.25) is 5.78 Å². The summed E-state index contributed by atoms with van der Waals surface area (Å²) in [6.45, 7) is 6.31. The van der Waals surface area contributed by atoms with Crippen molar-refractivity contribution < 1.29 is 24.0 Å². The van der Waals surface area contributed by atoms with Crippen molar-refractivity contribution in [2.24, 2.45) is 0 Å². The number of esters is 1. The molecule has 0 saturated carbocycles. The first-order valence-corrected chi connectivity index (χ1v) is 9.52. The number of aromatic nitrogens is 1. The van der Waals surface area contributed by atoms with Gasteiger partial charge in [-0.1, -0.05) is 6.07 Å². The van der Waals surface area contributed by atoms with Crippen LogP contribution in [0, 0.1) is 30.9 Å². The zero-order valence-corrected chi connectivity index (χ0v) is 16.8. The predicted molar refractivity (Wildman–Crippen MR) is 105 cm³/mol. The first-order chi connectivity index (χ1) is 13.8. The molecule has 0 unspecified atom stereocenters. The van der Waals surface area contributed by atoms with Crippen LogP contribution >= 0.6 is 0 Å². The van der Waals surface area contributed by atoms with Crippen LogP contribution in [0.1, 0.15) is 50.5 Å². The Bertz CT molecular complexity index is 956. The fourth-order valence-corrected chi connectivity index (χ4v) is 3.69. The van der Waals surface area contributed by atoms with E-state index in [1.807, 2.05) is 13.8 Å². The van der Waals surface area contributed by atoms with Gasteiger partial charge in [-0.25, -0.2) is 4.79 Å². The minimum Gasteiger partial charge on any atom is -0.454 e. The van der Waals surface area contributed by atoms with Crippen molar-refractivity contribution in [2.75, 3.05) is 13.2 Å². The van der Waals surface area contributed by atoms with Crippen LogP contribution in [0.4, 0.5) is 5.69 Å². The van der Waals surface area contributed by atoms with E-state index in [0.29, 0.717) is 12.1 Å². The standard InChI is InChI=1S/C21H24N2O6/c1-13-10-18(15(3)22(13)11-16-6-5-9-28-16)20(24)12-29-21(25)17-7-4-8-19(14(17)2)23(26)27/h4,7-8,10,16H,5-6,9,11-12H2,1-3H3/t16-/m1/s1. The number of Topliss-reactive ketones (excluding diaryl/α,β-unsaturated/α-hetero) is 1. The topological polar surface area (TPSA) is 101 Å². The second-order valence-corrected chi connectivity index (χ2v) is 7.24. The summed E-state index contributed by atoms with van der Waals surface area (Å²) < 4.78 is 12.9. The van der Waals surface area contributed by atoms with Crippen LogP contribution in [0.25, 0.3) is 0 Å². The van der Waals surface area contributed by atoms with Crippen molar-refractivity contribution in [2.45, 2.75) is 46.3 Å². The van der Waals surface area contributed by atoms with Crippen LogP contribution in [0.15, 0.2) is 24.3 Å². The number of benzene rings is 1. The molecule has 154 valence electrons. The molecule has 0 amide bonds. The lowest BCUT2D eigenvalue weighted by atomic mass is 10.1. The number of carbonyl (C=O) groups is 2. The van der Waals surface area contributed by atoms with Crippen LogP contribution in [0.2, 0.25) is 0 Å².